The molecular weight excluding hydrogens is 290 g/mol. The highest BCUT2D eigenvalue weighted by Crippen LogP contribution is 2.41. The van der Waals surface area contributed by atoms with Crippen LogP contribution in [0.2, 0.25) is 0 Å². The van der Waals surface area contributed by atoms with E-state index in [4.69, 9.17) is 0 Å². The maximum absolute atomic E-state index is 12.5. The van der Waals surface area contributed by atoms with Crippen molar-refractivity contribution in [1.29, 1.82) is 0 Å². The molecule has 0 radical (unpaired) electrons. The minimum absolute atomic E-state index is 0.00584. The summed E-state index contributed by atoms with van der Waals surface area (Å²) in [6.07, 6.45) is 5.84. The number of carbonyl (C=O) groups is 1. The number of fused-ring (bicyclic) bond motifs is 1. The van der Waals surface area contributed by atoms with Gasteiger partial charge in [0.25, 0.3) is 0 Å². The Bertz CT molecular complexity index is 672. The number of anilines is 1. The third kappa shape index (κ3) is 1.98. The number of aromatic nitrogens is 1. The fourth-order valence-electron chi connectivity index (χ4n) is 3.52. The molecule has 2 aliphatic heterocycles. The molecule has 0 bridgehead atoms. The molecule has 3 aliphatic rings. The molecule has 0 unspecified atom stereocenters. The molecular formula is C14H17N3O3S. The van der Waals surface area contributed by atoms with Crippen LogP contribution in [0, 0.1) is 0 Å². The normalized spacial score (nSPS) is 29.9. The third-order valence-electron chi connectivity index (χ3n) is 4.64. The highest BCUT2D eigenvalue weighted by molar-refractivity contribution is 7.90. The Labute approximate surface area is 123 Å². The van der Waals surface area contributed by atoms with E-state index in [-0.39, 0.29) is 29.7 Å². The van der Waals surface area contributed by atoms with Crippen LogP contribution in [0.15, 0.2) is 24.5 Å². The number of sulfonamides is 1. The van der Waals surface area contributed by atoms with Crippen LogP contribution in [0.25, 0.3) is 0 Å². The molecule has 1 saturated carbocycles. The molecule has 3 heterocycles. The average Bonchev–Trinajstić information content (AvgIpc) is 3.18. The average molecular weight is 307 g/mol. The quantitative estimate of drug-likeness (QED) is 0.826. The van der Waals surface area contributed by atoms with E-state index in [0.29, 0.717) is 13.0 Å². The molecule has 3 fully saturated rings. The molecule has 0 spiro atoms. The molecule has 0 N–H and O–H groups in total. The molecule has 1 amide bonds. The van der Waals surface area contributed by atoms with Crippen molar-refractivity contribution in [3.8, 4) is 0 Å². The molecule has 6 nitrogen and oxygen atoms in total. The first-order valence-corrected chi connectivity index (χ1v) is 8.82. The summed E-state index contributed by atoms with van der Waals surface area (Å²) in [5.74, 6) is -0.00584. The van der Waals surface area contributed by atoms with Crippen molar-refractivity contribution >= 4 is 21.6 Å². The number of hydrogen-bond donors (Lipinski definition) is 0. The van der Waals surface area contributed by atoms with Gasteiger partial charge in [-0.2, -0.15) is 4.31 Å². The second-order valence-corrected chi connectivity index (χ2v) is 8.12. The van der Waals surface area contributed by atoms with E-state index in [1.165, 1.54) is 0 Å². The van der Waals surface area contributed by atoms with Gasteiger partial charge >= 0.3 is 0 Å². The van der Waals surface area contributed by atoms with Gasteiger partial charge in [0.05, 0.1) is 29.2 Å². The lowest BCUT2D eigenvalue weighted by Gasteiger charge is -2.25. The maximum Gasteiger partial charge on any atom is 0.229 e. The summed E-state index contributed by atoms with van der Waals surface area (Å²) in [6, 6.07) is 3.40. The van der Waals surface area contributed by atoms with Crippen molar-refractivity contribution < 1.29 is 13.2 Å². The van der Waals surface area contributed by atoms with Crippen LogP contribution < -0.4 is 4.90 Å². The lowest BCUT2D eigenvalue weighted by atomic mass is 10.1. The van der Waals surface area contributed by atoms with Gasteiger partial charge in [0.1, 0.15) is 0 Å². The number of hydrogen-bond acceptors (Lipinski definition) is 4. The molecule has 1 aromatic rings. The van der Waals surface area contributed by atoms with Gasteiger partial charge in [0.2, 0.25) is 15.9 Å². The first kappa shape index (κ1) is 13.2. The largest absolute Gasteiger partial charge is 0.306 e. The molecule has 21 heavy (non-hydrogen) atoms. The molecule has 112 valence electrons. The molecule has 4 rings (SSSR count). The second kappa shape index (κ2) is 4.51. The number of amides is 1. The molecule has 0 aromatic carbocycles. The Morgan fingerprint density at radius 1 is 1.19 bits per heavy atom. The minimum atomic E-state index is -3.21. The number of carbonyl (C=O) groups excluding carboxylic acids is 1. The SMILES string of the molecule is O=C1C[C@@H]2[C@H](CCN2S(=O)(=O)C2CC2)N1c1cccnc1. The number of nitrogens with zero attached hydrogens (tertiary/aromatic N) is 3. The van der Waals surface area contributed by atoms with Crippen molar-refractivity contribution in [3.63, 3.8) is 0 Å². The maximum atomic E-state index is 12.5. The zero-order valence-electron chi connectivity index (χ0n) is 11.6. The molecule has 1 aromatic heterocycles. The summed E-state index contributed by atoms with van der Waals surface area (Å²) in [5.41, 5.74) is 0.765. The Morgan fingerprint density at radius 3 is 2.67 bits per heavy atom. The van der Waals surface area contributed by atoms with Crippen LogP contribution in [0.5, 0.6) is 0 Å². The lowest BCUT2D eigenvalue weighted by Crippen LogP contribution is -2.41. The zero-order chi connectivity index (χ0) is 14.6. The lowest BCUT2D eigenvalue weighted by molar-refractivity contribution is -0.117. The van der Waals surface area contributed by atoms with Gasteiger partial charge in [-0.3, -0.25) is 9.78 Å². The molecule has 2 atom stereocenters. The van der Waals surface area contributed by atoms with Gasteiger partial charge < -0.3 is 4.90 Å². The van der Waals surface area contributed by atoms with Crippen molar-refractivity contribution in [2.75, 3.05) is 11.4 Å². The van der Waals surface area contributed by atoms with Crippen molar-refractivity contribution in [1.82, 2.24) is 9.29 Å². The monoisotopic (exact) mass is 307 g/mol. The fraction of sp³-hybridized carbons (Fsp3) is 0.571. The summed E-state index contributed by atoms with van der Waals surface area (Å²) < 4.78 is 26.5. The molecule has 7 heteroatoms. The van der Waals surface area contributed by atoms with E-state index >= 15 is 0 Å². The van der Waals surface area contributed by atoms with Gasteiger partial charge in [-0.25, -0.2) is 8.42 Å². The van der Waals surface area contributed by atoms with E-state index < -0.39 is 10.0 Å². The summed E-state index contributed by atoms with van der Waals surface area (Å²) in [6.45, 7) is 0.526. The van der Waals surface area contributed by atoms with Crippen molar-refractivity contribution in [3.05, 3.63) is 24.5 Å². The van der Waals surface area contributed by atoms with Gasteiger partial charge in [-0.1, -0.05) is 0 Å². The smallest absolute Gasteiger partial charge is 0.229 e. The molecule has 1 aliphatic carbocycles. The predicted molar refractivity (Wildman–Crippen MR) is 77.2 cm³/mol. The van der Waals surface area contributed by atoms with E-state index in [1.807, 2.05) is 6.07 Å². The van der Waals surface area contributed by atoms with E-state index in [0.717, 1.165) is 18.5 Å². The third-order valence-corrected chi connectivity index (χ3v) is 7.06. The Balaban J connectivity index is 1.64. The minimum Gasteiger partial charge on any atom is -0.306 e. The summed E-state index contributed by atoms with van der Waals surface area (Å²) in [7, 11) is -3.21. The Morgan fingerprint density at radius 2 is 2.00 bits per heavy atom. The van der Waals surface area contributed by atoms with Gasteiger partial charge in [0.15, 0.2) is 0 Å². The second-order valence-electron chi connectivity index (χ2n) is 5.96. The van der Waals surface area contributed by atoms with E-state index in [1.54, 1.807) is 27.7 Å². The first-order chi connectivity index (χ1) is 10.1. The summed E-state index contributed by atoms with van der Waals surface area (Å²) in [4.78, 5) is 18.1. The van der Waals surface area contributed by atoms with Crippen LogP contribution in [-0.2, 0) is 14.8 Å². The van der Waals surface area contributed by atoms with Crippen LogP contribution in [-0.4, -0.2) is 47.5 Å². The summed E-state index contributed by atoms with van der Waals surface area (Å²) >= 11 is 0. The number of pyridine rings is 1. The number of rotatable bonds is 3. The highest BCUT2D eigenvalue weighted by Gasteiger charge is 2.53. The van der Waals surface area contributed by atoms with E-state index in [2.05, 4.69) is 4.98 Å². The summed E-state index contributed by atoms with van der Waals surface area (Å²) in [5, 5.41) is -0.209. The molecule has 2 saturated heterocycles. The predicted octanol–water partition coefficient (Wildman–Crippen LogP) is 0.753. The fourth-order valence-corrected chi connectivity index (χ4v) is 5.58. The van der Waals surface area contributed by atoms with Crippen LogP contribution >= 0.6 is 0 Å². The van der Waals surface area contributed by atoms with Crippen LogP contribution in [0.1, 0.15) is 25.7 Å². The van der Waals surface area contributed by atoms with Gasteiger partial charge in [0, 0.05) is 19.2 Å². The zero-order valence-corrected chi connectivity index (χ0v) is 12.4. The van der Waals surface area contributed by atoms with Crippen LogP contribution in [0.4, 0.5) is 5.69 Å². The van der Waals surface area contributed by atoms with Gasteiger partial charge in [-0.15, -0.1) is 0 Å². The van der Waals surface area contributed by atoms with Crippen LogP contribution in [0.3, 0.4) is 0 Å². The van der Waals surface area contributed by atoms with Crippen molar-refractivity contribution in [2.24, 2.45) is 0 Å². The van der Waals surface area contributed by atoms with Gasteiger partial charge in [-0.05, 0) is 31.4 Å². The Kier molecular flexibility index (Phi) is 2.84. The Hall–Kier alpha value is -1.47. The standard InChI is InChI=1S/C14H17N3O3S/c18-14-8-13-12(17(14)10-2-1-6-15-9-10)5-7-16(13)21(19,20)11-3-4-11/h1-2,6,9,11-13H,3-5,7-8H2/t12-,13+/m0/s1. The van der Waals surface area contributed by atoms with Crippen molar-refractivity contribution in [2.45, 2.75) is 43.0 Å². The topological polar surface area (TPSA) is 70.6 Å². The van der Waals surface area contributed by atoms with E-state index in [9.17, 15) is 13.2 Å². The highest BCUT2D eigenvalue weighted by atomic mass is 32.2. The first-order valence-electron chi connectivity index (χ1n) is 7.32.